The fraction of sp³-hybridized carbons (Fsp3) is 0.553. The van der Waals surface area contributed by atoms with Gasteiger partial charge in [0.1, 0.15) is 45.7 Å². The third-order valence-electron chi connectivity index (χ3n) is 11.2. The van der Waals surface area contributed by atoms with Crippen molar-refractivity contribution in [1.29, 1.82) is 0 Å². The number of nitrogens with one attached hydrogen (secondary N) is 2. The van der Waals surface area contributed by atoms with Gasteiger partial charge in [0.05, 0.1) is 13.2 Å². The number of nitrogens with zero attached hydrogens (tertiary/aromatic N) is 6. The van der Waals surface area contributed by atoms with Crippen LogP contribution in [-0.2, 0) is 34.1 Å². The summed E-state index contributed by atoms with van der Waals surface area (Å²) < 4.78 is 40.7. The summed E-state index contributed by atoms with van der Waals surface area (Å²) in [6, 6.07) is 5.50. The molecule has 3 aromatic rings. The first-order valence-corrected chi connectivity index (χ1v) is 21.3. The standard InChI is InChI=1S/C38H48N8O8S2/c1-6-24-21-38(24,36(50)43-56(51,52)44-17-7-8-18-44)40-32(47)28-20-25(22-45(28)34(48)29(37(2,3)4)35(49)54-27-10-9-11-27)46-41-30(23-12-14-26(53-5)15-13-23)31(42-46)33-39-16-19-55-33/h6,12-16,19,24-25,27-29H,1,7-11,17-18,20-22H2,2-5H3,(H,40,47)(H,43,50)/t24-,25-,28+,29-,38+/m1/s1. The number of hydrogen-bond acceptors (Lipinski definition) is 12. The molecule has 0 radical (unpaired) electrons. The Morgan fingerprint density at radius 3 is 2.32 bits per heavy atom. The van der Waals surface area contributed by atoms with E-state index in [1.807, 2.05) is 29.6 Å². The van der Waals surface area contributed by atoms with E-state index in [-0.39, 0.29) is 38.6 Å². The highest BCUT2D eigenvalue weighted by Crippen LogP contribution is 2.46. The number of benzene rings is 1. The number of likely N-dealkylation sites (tertiary alicyclic amines) is 1. The van der Waals surface area contributed by atoms with Crippen molar-refractivity contribution in [2.24, 2.45) is 17.3 Å². The van der Waals surface area contributed by atoms with Crippen LogP contribution in [0.3, 0.4) is 0 Å². The van der Waals surface area contributed by atoms with E-state index in [1.165, 1.54) is 31.4 Å². The van der Waals surface area contributed by atoms with Gasteiger partial charge in [-0.2, -0.15) is 22.6 Å². The molecule has 5 atom stereocenters. The van der Waals surface area contributed by atoms with Crippen molar-refractivity contribution in [3.63, 3.8) is 0 Å². The van der Waals surface area contributed by atoms with Crippen molar-refractivity contribution < 1.29 is 37.1 Å². The molecule has 1 aromatic carbocycles. The molecule has 0 unspecified atom stereocenters. The fourth-order valence-electron chi connectivity index (χ4n) is 7.64. The van der Waals surface area contributed by atoms with Crippen molar-refractivity contribution in [3.8, 4) is 27.7 Å². The maximum Gasteiger partial charge on any atom is 0.319 e. The zero-order valence-electron chi connectivity index (χ0n) is 32.0. The summed E-state index contributed by atoms with van der Waals surface area (Å²) in [5.41, 5.74) is -0.694. The summed E-state index contributed by atoms with van der Waals surface area (Å²) in [7, 11) is -2.57. The maximum atomic E-state index is 14.7. The zero-order valence-corrected chi connectivity index (χ0v) is 33.6. The predicted octanol–water partition coefficient (Wildman–Crippen LogP) is 3.49. The summed E-state index contributed by atoms with van der Waals surface area (Å²) in [4.78, 5) is 64.0. The van der Waals surface area contributed by atoms with E-state index in [0.717, 1.165) is 24.8 Å². The van der Waals surface area contributed by atoms with Gasteiger partial charge in [0.15, 0.2) is 0 Å². The highest BCUT2D eigenvalue weighted by molar-refractivity contribution is 7.87. The Balaban J connectivity index is 1.22. The molecule has 2 aliphatic carbocycles. The molecule has 3 amide bonds. The van der Waals surface area contributed by atoms with Crippen LogP contribution in [0.15, 0.2) is 48.5 Å². The summed E-state index contributed by atoms with van der Waals surface area (Å²) in [6.45, 7) is 9.67. The Kier molecular flexibility index (Phi) is 10.8. The maximum absolute atomic E-state index is 14.7. The molecule has 16 nitrogen and oxygen atoms in total. The highest BCUT2D eigenvalue weighted by Gasteiger charge is 2.62. The van der Waals surface area contributed by atoms with Gasteiger partial charge in [-0.05, 0) is 68.2 Å². The molecule has 4 fully saturated rings. The van der Waals surface area contributed by atoms with E-state index in [1.54, 1.807) is 34.1 Å². The second kappa shape index (κ2) is 15.3. The van der Waals surface area contributed by atoms with E-state index < -0.39 is 68.8 Å². The third kappa shape index (κ3) is 7.70. The third-order valence-corrected chi connectivity index (χ3v) is 13.4. The molecule has 4 aliphatic rings. The highest BCUT2D eigenvalue weighted by atomic mass is 32.2. The van der Waals surface area contributed by atoms with E-state index in [2.05, 4.69) is 21.6 Å². The average molecular weight is 809 g/mol. The van der Waals surface area contributed by atoms with Crippen LogP contribution in [0.2, 0.25) is 0 Å². The monoisotopic (exact) mass is 808 g/mol. The summed E-state index contributed by atoms with van der Waals surface area (Å²) >= 11 is 1.39. The minimum atomic E-state index is -4.15. The molecule has 0 bridgehead atoms. The molecule has 18 heteroatoms. The van der Waals surface area contributed by atoms with Crippen molar-refractivity contribution in [1.82, 2.24) is 39.2 Å². The van der Waals surface area contributed by atoms with Crippen LogP contribution in [-0.4, -0.2) is 106 Å². The molecule has 7 rings (SSSR count). The van der Waals surface area contributed by atoms with Gasteiger partial charge in [0.2, 0.25) is 11.8 Å². The van der Waals surface area contributed by atoms with Crippen LogP contribution >= 0.6 is 11.3 Å². The molecule has 4 heterocycles. The quantitative estimate of drug-likeness (QED) is 0.146. The number of aromatic nitrogens is 4. The summed E-state index contributed by atoms with van der Waals surface area (Å²) in [5, 5.41) is 15.0. The number of ether oxygens (including phenoxy) is 2. The summed E-state index contributed by atoms with van der Waals surface area (Å²) in [5.74, 6) is -3.95. The molecule has 300 valence electrons. The van der Waals surface area contributed by atoms with Gasteiger partial charge in [-0.3, -0.25) is 19.2 Å². The second-order valence-corrected chi connectivity index (χ2v) is 18.6. The van der Waals surface area contributed by atoms with Crippen molar-refractivity contribution in [2.45, 2.75) is 89.4 Å². The number of amides is 3. The first kappa shape index (κ1) is 39.6. The minimum Gasteiger partial charge on any atom is -0.497 e. The van der Waals surface area contributed by atoms with E-state index >= 15 is 0 Å². The predicted molar refractivity (Wildman–Crippen MR) is 206 cm³/mol. The largest absolute Gasteiger partial charge is 0.497 e. The Bertz CT molecular complexity index is 2090. The van der Waals surface area contributed by atoms with Crippen LogP contribution in [0.4, 0.5) is 0 Å². The van der Waals surface area contributed by atoms with Crippen LogP contribution in [0.25, 0.3) is 22.0 Å². The van der Waals surface area contributed by atoms with Gasteiger partial charge in [-0.15, -0.1) is 23.0 Å². The number of rotatable bonds is 13. The molecule has 56 heavy (non-hydrogen) atoms. The number of hydrogen-bond donors (Lipinski definition) is 2. The second-order valence-electron chi connectivity index (χ2n) is 16.0. The van der Waals surface area contributed by atoms with E-state index in [9.17, 15) is 27.6 Å². The SMILES string of the molecule is C=C[C@@H]1C[C@@]1(NC(=O)[C@@H]1C[C@@H](n2nc(-c3ccc(OC)cc3)c(-c3nccs3)n2)CN1C(=O)[C@H](C(=O)OC1CCC1)C(C)(C)C)C(=O)NS(=O)(=O)N1CCCC1. The number of carbonyl (C=O) groups excluding carboxylic acids is 4. The number of esters is 1. The van der Waals surface area contributed by atoms with Crippen LogP contribution < -0.4 is 14.8 Å². The average Bonchev–Trinajstić information content (AvgIpc) is 3.79. The minimum absolute atomic E-state index is 0.0304. The Morgan fingerprint density at radius 1 is 1.05 bits per heavy atom. The van der Waals surface area contributed by atoms with Gasteiger partial charge in [-0.1, -0.05) is 26.8 Å². The molecule has 2 aromatic heterocycles. The van der Waals surface area contributed by atoms with E-state index in [4.69, 9.17) is 19.7 Å². The van der Waals surface area contributed by atoms with Crippen LogP contribution in [0.5, 0.6) is 5.75 Å². The molecular weight excluding hydrogens is 761 g/mol. The first-order valence-electron chi connectivity index (χ1n) is 18.9. The Hall–Kier alpha value is -4.68. The molecule has 2 N–H and O–H groups in total. The Labute approximate surface area is 330 Å². The van der Waals surface area contributed by atoms with Gasteiger partial charge in [-0.25, -0.2) is 9.71 Å². The Morgan fingerprint density at radius 2 is 1.75 bits per heavy atom. The lowest BCUT2D eigenvalue weighted by Crippen LogP contribution is -2.58. The number of methoxy groups -OCH3 is 1. The number of thiazole rings is 1. The molecule has 2 saturated heterocycles. The van der Waals surface area contributed by atoms with Gasteiger partial charge < -0.3 is 19.7 Å². The smallest absolute Gasteiger partial charge is 0.319 e. The van der Waals surface area contributed by atoms with Crippen molar-refractivity contribution >= 4 is 45.2 Å². The van der Waals surface area contributed by atoms with Crippen molar-refractivity contribution in [3.05, 3.63) is 48.5 Å². The lowest BCUT2D eigenvalue weighted by atomic mass is 9.79. The lowest BCUT2D eigenvalue weighted by Gasteiger charge is -2.35. The van der Waals surface area contributed by atoms with E-state index in [0.29, 0.717) is 35.0 Å². The van der Waals surface area contributed by atoms with Gasteiger partial charge in [0.25, 0.3) is 5.91 Å². The van der Waals surface area contributed by atoms with Gasteiger partial charge >= 0.3 is 16.2 Å². The molecule has 2 saturated carbocycles. The van der Waals surface area contributed by atoms with Crippen molar-refractivity contribution in [2.75, 3.05) is 26.7 Å². The molecule has 2 aliphatic heterocycles. The van der Waals surface area contributed by atoms with Crippen LogP contribution in [0, 0.1) is 17.3 Å². The first-order chi connectivity index (χ1) is 26.6. The van der Waals surface area contributed by atoms with Crippen LogP contribution in [0.1, 0.15) is 71.8 Å². The fourth-order valence-corrected chi connectivity index (χ4v) is 9.54. The zero-order chi connectivity index (χ0) is 40.0. The topological polar surface area (TPSA) is 195 Å². The normalized spacial score (nSPS) is 24.6. The van der Waals surface area contributed by atoms with Gasteiger partial charge in [0, 0.05) is 49.1 Å². The number of carbonyl (C=O) groups is 4. The molecular formula is C38H48N8O8S2. The lowest BCUT2D eigenvalue weighted by molar-refractivity contribution is -0.169. The molecule has 0 spiro atoms. The summed E-state index contributed by atoms with van der Waals surface area (Å²) in [6.07, 6.45) is 6.79.